The fourth-order valence-electron chi connectivity index (χ4n) is 2.65. The summed E-state index contributed by atoms with van der Waals surface area (Å²) < 4.78 is 5.26. The second-order valence-corrected chi connectivity index (χ2v) is 6.64. The van der Waals surface area contributed by atoms with Gasteiger partial charge in [0, 0.05) is 23.4 Å². The molecule has 5 nitrogen and oxygen atoms in total. The first kappa shape index (κ1) is 15.0. The molecule has 2 aromatic heterocycles. The van der Waals surface area contributed by atoms with Gasteiger partial charge in [-0.05, 0) is 44.7 Å². The predicted molar refractivity (Wildman–Crippen MR) is 83.5 cm³/mol. The fourth-order valence-corrected chi connectivity index (χ4v) is 3.55. The third-order valence-corrected chi connectivity index (χ3v) is 5.08. The number of carbonyl (C=O) groups is 2. The van der Waals surface area contributed by atoms with Gasteiger partial charge in [-0.3, -0.25) is 9.59 Å². The summed E-state index contributed by atoms with van der Waals surface area (Å²) in [6.07, 6.45) is 4.63. The van der Waals surface area contributed by atoms with E-state index >= 15 is 0 Å². The van der Waals surface area contributed by atoms with E-state index in [-0.39, 0.29) is 11.7 Å². The molecule has 2 heterocycles. The van der Waals surface area contributed by atoms with E-state index in [1.165, 1.54) is 11.3 Å². The Balaban J connectivity index is 1.56. The Morgan fingerprint density at radius 2 is 2.14 bits per heavy atom. The van der Waals surface area contributed by atoms with Crippen molar-refractivity contribution in [3.63, 3.8) is 0 Å². The zero-order valence-electron chi connectivity index (χ0n) is 12.5. The van der Waals surface area contributed by atoms with Crippen molar-refractivity contribution in [3.8, 4) is 0 Å². The number of nitrogens with zero attached hydrogens (tertiary/aromatic N) is 1. The molecule has 1 aliphatic carbocycles. The van der Waals surface area contributed by atoms with E-state index in [0.717, 1.165) is 46.8 Å². The number of amides is 1. The Morgan fingerprint density at radius 3 is 2.91 bits per heavy atom. The molecule has 0 atom stereocenters. The molecule has 0 aliphatic heterocycles. The van der Waals surface area contributed by atoms with Gasteiger partial charge in [-0.2, -0.15) is 0 Å². The minimum absolute atomic E-state index is 0.0783. The second kappa shape index (κ2) is 6.44. The van der Waals surface area contributed by atoms with Gasteiger partial charge >= 0.3 is 0 Å². The van der Waals surface area contributed by atoms with E-state index < -0.39 is 0 Å². The molecule has 3 rings (SSSR count). The van der Waals surface area contributed by atoms with Crippen molar-refractivity contribution in [1.29, 1.82) is 0 Å². The molecule has 1 N–H and O–H groups in total. The monoisotopic (exact) mass is 318 g/mol. The lowest BCUT2D eigenvalue weighted by atomic mass is 9.96. The summed E-state index contributed by atoms with van der Waals surface area (Å²) in [7, 11) is 0. The van der Waals surface area contributed by atoms with E-state index in [9.17, 15) is 9.59 Å². The first-order valence-electron chi connectivity index (χ1n) is 7.50. The first-order chi connectivity index (χ1) is 10.6. The molecule has 0 unspecified atom stereocenters. The standard InChI is InChI=1S/C16H18N2O3S/c1-10(19)14-7-6-11(22-14)8-9-17-16(20)15-12-4-2-3-5-13(12)21-18-15/h6-7H,2-5,8-9H2,1H3,(H,17,20). The zero-order chi connectivity index (χ0) is 15.5. The highest BCUT2D eigenvalue weighted by Crippen LogP contribution is 2.24. The fraction of sp³-hybridized carbons (Fsp3) is 0.438. The van der Waals surface area contributed by atoms with Gasteiger partial charge in [-0.25, -0.2) is 0 Å². The maximum Gasteiger partial charge on any atom is 0.273 e. The summed E-state index contributed by atoms with van der Waals surface area (Å²) >= 11 is 1.48. The Labute approximate surface area is 132 Å². The number of nitrogens with one attached hydrogen (secondary N) is 1. The lowest BCUT2D eigenvalue weighted by molar-refractivity contribution is 0.0943. The Morgan fingerprint density at radius 1 is 1.32 bits per heavy atom. The van der Waals surface area contributed by atoms with E-state index in [1.807, 2.05) is 12.1 Å². The smallest absolute Gasteiger partial charge is 0.273 e. The number of aromatic nitrogens is 1. The van der Waals surface area contributed by atoms with Gasteiger partial charge in [0.05, 0.1) is 4.88 Å². The summed E-state index contributed by atoms with van der Waals surface area (Å²) in [5, 5.41) is 6.80. The van der Waals surface area contributed by atoms with Crippen molar-refractivity contribution >= 4 is 23.0 Å². The van der Waals surface area contributed by atoms with Crippen LogP contribution in [0.2, 0.25) is 0 Å². The van der Waals surface area contributed by atoms with Gasteiger partial charge in [-0.15, -0.1) is 11.3 Å². The van der Waals surface area contributed by atoms with Crippen molar-refractivity contribution in [2.75, 3.05) is 6.54 Å². The predicted octanol–water partition coefficient (Wildman–Crippen LogP) is 2.79. The SMILES string of the molecule is CC(=O)c1ccc(CCNC(=O)c2noc3c2CCCC3)s1. The van der Waals surface area contributed by atoms with E-state index in [0.29, 0.717) is 18.7 Å². The normalized spacial score (nSPS) is 13.7. The number of thiophene rings is 1. The van der Waals surface area contributed by atoms with Gasteiger partial charge in [-0.1, -0.05) is 5.16 Å². The van der Waals surface area contributed by atoms with Gasteiger partial charge in [0.1, 0.15) is 5.76 Å². The largest absolute Gasteiger partial charge is 0.360 e. The average Bonchev–Trinajstić information content (AvgIpc) is 3.13. The number of rotatable bonds is 5. The minimum Gasteiger partial charge on any atom is -0.360 e. The average molecular weight is 318 g/mol. The molecule has 1 aliphatic rings. The molecule has 22 heavy (non-hydrogen) atoms. The number of fused-ring (bicyclic) bond motifs is 1. The number of hydrogen-bond donors (Lipinski definition) is 1. The Kier molecular flexibility index (Phi) is 4.38. The number of Topliss-reactive ketones (excluding diaryl/α,β-unsaturated/α-hetero) is 1. The van der Waals surface area contributed by atoms with Gasteiger partial charge in [0.25, 0.3) is 5.91 Å². The molecule has 0 fully saturated rings. The third-order valence-electron chi connectivity index (χ3n) is 3.83. The van der Waals surface area contributed by atoms with Crippen LogP contribution in [0.25, 0.3) is 0 Å². The van der Waals surface area contributed by atoms with Crippen LogP contribution < -0.4 is 5.32 Å². The summed E-state index contributed by atoms with van der Waals surface area (Å²) in [5.74, 6) is 0.769. The quantitative estimate of drug-likeness (QED) is 0.860. The maximum absolute atomic E-state index is 12.2. The number of ketones is 1. The Hall–Kier alpha value is -1.95. The molecular weight excluding hydrogens is 300 g/mol. The van der Waals surface area contributed by atoms with E-state index in [1.54, 1.807) is 6.92 Å². The van der Waals surface area contributed by atoms with Crippen molar-refractivity contribution in [1.82, 2.24) is 10.5 Å². The van der Waals surface area contributed by atoms with Crippen LogP contribution in [0.3, 0.4) is 0 Å². The van der Waals surface area contributed by atoms with Crippen molar-refractivity contribution in [2.45, 2.75) is 39.0 Å². The minimum atomic E-state index is -0.171. The topological polar surface area (TPSA) is 72.2 Å². The van der Waals surface area contributed by atoms with Gasteiger partial charge in [0.2, 0.25) is 0 Å². The van der Waals surface area contributed by atoms with Crippen molar-refractivity contribution in [3.05, 3.63) is 38.9 Å². The summed E-state index contributed by atoms with van der Waals surface area (Å²) in [5.41, 5.74) is 1.41. The van der Waals surface area contributed by atoms with E-state index in [2.05, 4.69) is 10.5 Å². The molecular formula is C16H18N2O3S. The van der Waals surface area contributed by atoms with Crippen molar-refractivity contribution < 1.29 is 14.1 Å². The van der Waals surface area contributed by atoms with Gasteiger partial charge < -0.3 is 9.84 Å². The second-order valence-electron chi connectivity index (χ2n) is 5.47. The molecule has 116 valence electrons. The van der Waals surface area contributed by atoms with Crippen LogP contribution >= 0.6 is 11.3 Å². The Bertz CT molecular complexity index is 702. The molecule has 0 aromatic carbocycles. The van der Waals surface area contributed by atoms with Crippen LogP contribution in [-0.2, 0) is 19.3 Å². The van der Waals surface area contributed by atoms with Crippen molar-refractivity contribution in [2.24, 2.45) is 0 Å². The number of hydrogen-bond acceptors (Lipinski definition) is 5. The molecule has 1 amide bonds. The van der Waals surface area contributed by atoms with Gasteiger partial charge in [0.15, 0.2) is 11.5 Å². The number of aryl methyl sites for hydroxylation is 1. The molecule has 0 spiro atoms. The van der Waals surface area contributed by atoms with Crippen LogP contribution in [0.5, 0.6) is 0 Å². The zero-order valence-corrected chi connectivity index (χ0v) is 13.3. The summed E-state index contributed by atoms with van der Waals surface area (Å²) in [4.78, 5) is 25.3. The molecule has 0 saturated carbocycles. The molecule has 0 bridgehead atoms. The lowest BCUT2D eigenvalue weighted by Crippen LogP contribution is -2.27. The van der Waals surface area contributed by atoms with Crippen LogP contribution in [0.4, 0.5) is 0 Å². The van der Waals surface area contributed by atoms with Crippen LogP contribution in [0.15, 0.2) is 16.7 Å². The van der Waals surface area contributed by atoms with Crippen LogP contribution in [0, 0.1) is 0 Å². The van der Waals surface area contributed by atoms with Crippen LogP contribution in [-0.4, -0.2) is 23.4 Å². The maximum atomic E-state index is 12.2. The number of carbonyl (C=O) groups excluding carboxylic acids is 2. The lowest BCUT2D eigenvalue weighted by Gasteiger charge is -2.09. The highest BCUT2D eigenvalue weighted by atomic mass is 32.1. The highest BCUT2D eigenvalue weighted by Gasteiger charge is 2.23. The third kappa shape index (κ3) is 3.11. The molecule has 0 saturated heterocycles. The van der Waals surface area contributed by atoms with Crippen LogP contribution in [0.1, 0.15) is 56.1 Å². The van der Waals surface area contributed by atoms with E-state index in [4.69, 9.17) is 4.52 Å². The molecule has 2 aromatic rings. The molecule has 0 radical (unpaired) electrons. The first-order valence-corrected chi connectivity index (χ1v) is 8.32. The summed E-state index contributed by atoms with van der Waals surface area (Å²) in [6.45, 7) is 2.09. The highest BCUT2D eigenvalue weighted by molar-refractivity contribution is 7.14. The summed E-state index contributed by atoms with van der Waals surface area (Å²) in [6, 6.07) is 3.77. The molecule has 6 heteroatoms.